The number of rotatable bonds is 6. The van der Waals surface area contributed by atoms with Gasteiger partial charge in [0.1, 0.15) is 16.8 Å². The predicted molar refractivity (Wildman–Crippen MR) is 73.7 cm³/mol. The Morgan fingerprint density at radius 2 is 2.00 bits per heavy atom. The van der Waals surface area contributed by atoms with Crippen molar-refractivity contribution in [1.82, 2.24) is 9.97 Å². The van der Waals surface area contributed by atoms with Gasteiger partial charge in [-0.25, -0.2) is 9.97 Å². The molecule has 0 atom stereocenters. The molecule has 0 aliphatic carbocycles. The summed E-state index contributed by atoms with van der Waals surface area (Å²) >= 11 is 6.11. The number of halogens is 1. The van der Waals surface area contributed by atoms with Gasteiger partial charge in [0.05, 0.1) is 0 Å². The first-order chi connectivity index (χ1) is 8.04. The van der Waals surface area contributed by atoms with Crippen LogP contribution in [0.3, 0.4) is 0 Å². The third kappa shape index (κ3) is 4.50. The molecule has 0 spiro atoms. The average Bonchev–Trinajstić information content (AvgIpc) is 2.24. The fourth-order valence-electron chi connectivity index (χ4n) is 1.52. The molecule has 1 heterocycles. The van der Waals surface area contributed by atoms with Crippen molar-refractivity contribution < 1.29 is 0 Å². The summed E-state index contributed by atoms with van der Waals surface area (Å²) in [5.74, 6) is 2.40. The van der Waals surface area contributed by atoms with Crippen LogP contribution in [-0.4, -0.2) is 16.5 Å². The van der Waals surface area contributed by atoms with Gasteiger partial charge in [-0.2, -0.15) is 0 Å². The Bertz CT molecular complexity index is 364. The van der Waals surface area contributed by atoms with E-state index in [0.717, 1.165) is 43.0 Å². The number of hydrogen-bond acceptors (Lipinski definition) is 3. The van der Waals surface area contributed by atoms with Crippen LogP contribution in [0.15, 0.2) is 0 Å². The molecule has 0 fully saturated rings. The van der Waals surface area contributed by atoms with E-state index in [4.69, 9.17) is 11.6 Å². The maximum absolute atomic E-state index is 6.11. The van der Waals surface area contributed by atoms with Crippen molar-refractivity contribution in [2.75, 3.05) is 11.9 Å². The molecule has 1 N–H and O–H groups in total. The molecule has 4 heteroatoms. The largest absolute Gasteiger partial charge is 0.370 e. The molecular weight excluding hydrogens is 234 g/mol. The summed E-state index contributed by atoms with van der Waals surface area (Å²) in [6.45, 7) is 9.42. The zero-order valence-corrected chi connectivity index (χ0v) is 11.9. The Morgan fingerprint density at radius 1 is 1.29 bits per heavy atom. The lowest BCUT2D eigenvalue weighted by Crippen LogP contribution is -2.10. The second-order valence-corrected chi connectivity index (χ2v) is 5.12. The van der Waals surface area contributed by atoms with Crippen molar-refractivity contribution >= 4 is 17.4 Å². The first-order valence-electron chi connectivity index (χ1n) is 6.31. The zero-order valence-electron chi connectivity index (χ0n) is 11.2. The summed E-state index contributed by atoms with van der Waals surface area (Å²) in [6, 6.07) is 0. The molecular formula is C13H22ClN3. The van der Waals surface area contributed by atoms with Crippen molar-refractivity contribution in [2.45, 2.75) is 47.0 Å². The van der Waals surface area contributed by atoms with Crippen molar-refractivity contribution in [2.24, 2.45) is 5.92 Å². The van der Waals surface area contributed by atoms with Crippen LogP contribution in [0.1, 0.15) is 45.0 Å². The molecule has 3 nitrogen and oxygen atoms in total. The molecule has 96 valence electrons. The Labute approximate surface area is 109 Å². The quantitative estimate of drug-likeness (QED) is 0.785. The second kappa shape index (κ2) is 6.80. The molecule has 0 aromatic carbocycles. The fourth-order valence-corrected chi connectivity index (χ4v) is 1.71. The lowest BCUT2D eigenvalue weighted by Gasteiger charge is -2.12. The Hall–Kier alpha value is -0.830. The molecule has 0 bridgehead atoms. The van der Waals surface area contributed by atoms with Gasteiger partial charge in [-0.05, 0) is 25.7 Å². The monoisotopic (exact) mass is 255 g/mol. The van der Waals surface area contributed by atoms with Gasteiger partial charge in [-0.1, -0.05) is 32.4 Å². The summed E-state index contributed by atoms with van der Waals surface area (Å²) in [5, 5.41) is 3.91. The van der Waals surface area contributed by atoms with Gasteiger partial charge in [0.2, 0.25) is 0 Å². The Balaban J connectivity index is 2.75. The van der Waals surface area contributed by atoms with Crippen molar-refractivity contribution in [3.8, 4) is 0 Å². The van der Waals surface area contributed by atoms with Crippen LogP contribution in [0, 0.1) is 12.8 Å². The highest BCUT2D eigenvalue weighted by Crippen LogP contribution is 2.20. The van der Waals surface area contributed by atoms with E-state index in [0.29, 0.717) is 11.1 Å². The van der Waals surface area contributed by atoms with Crippen LogP contribution >= 0.6 is 11.6 Å². The predicted octanol–water partition coefficient (Wildman–Crippen LogP) is 3.85. The van der Waals surface area contributed by atoms with Crippen molar-refractivity contribution in [3.63, 3.8) is 0 Å². The minimum atomic E-state index is 0.565. The lowest BCUT2D eigenvalue weighted by atomic mass is 10.1. The van der Waals surface area contributed by atoms with E-state index in [1.165, 1.54) is 0 Å². The van der Waals surface area contributed by atoms with Gasteiger partial charge in [0, 0.05) is 18.5 Å². The first kappa shape index (κ1) is 14.2. The number of aromatic nitrogens is 2. The summed E-state index contributed by atoms with van der Waals surface area (Å²) in [6.07, 6.45) is 3.04. The molecule has 0 radical (unpaired) electrons. The Morgan fingerprint density at radius 3 is 2.59 bits per heavy atom. The van der Waals surface area contributed by atoms with Gasteiger partial charge >= 0.3 is 0 Å². The van der Waals surface area contributed by atoms with E-state index in [1.54, 1.807) is 0 Å². The van der Waals surface area contributed by atoms with E-state index in [9.17, 15) is 0 Å². The van der Waals surface area contributed by atoms with Gasteiger partial charge in [0.15, 0.2) is 0 Å². The van der Waals surface area contributed by atoms with Gasteiger partial charge in [-0.3, -0.25) is 0 Å². The van der Waals surface area contributed by atoms with Gasteiger partial charge < -0.3 is 5.32 Å². The first-order valence-corrected chi connectivity index (χ1v) is 6.69. The SMILES string of the molecule is CCCc1nc(Cl)c(C)c(NCCC(C)C)n1. The van der Waals surface area contributed by atoms with E-state index in [1.807, 2.05) is 6.92 Å². The fraction of sp³-hybridized carbons (Fsp3) is 0.692. The van der Waals surface area contributed by atoms with Crippen LogP contribution in [0.5, 0.6) is 0 Å². The molecule has 0 aliphatic heterocycles. The molecule has 0 saturated carbocycles. The minimum Gasteiger partial charge on any atom is -0.370 e. The molecule has 1 aromatic rings. The highest BCUT2D eigenvalue weighted by Gasteiger charge is 2.08. The number of aryl methyl sites for hydroxylation is 1. The molecule has 0 unspecified atom stereocenters. The van der Waals surface area contributed by atoms with Gasteiger partial charge in [-0.15, -0.1) is 0 Å². The molecule has 0 saturated heterocycles. The number of hydrogen-bond donors (Lipinski definition) is 1. The third-order valence-corrected chi connectivity index (χ3v) is 2.99. The van der Waals surface area contributed by atoms with E-state index < -0.39 is 0 Å². The van der Waals surface area contributed by atoms with Crippen LogP contribution in [0.4, 0.5) is 5.82 Å². The minimum absolute atomic E-state index is 0.565. The van der Waals surface area contributed by atoms with Crippen LogP contribution in [0.25, 0.3) is 0 Å². The summed E-state index contributed by atoms with van der Waals surface area (Å²) in [7, 11) is 0. The number of anilines is 1. The van der Waals surface area contributed by atoms with Crippen LogP contribution in [-0.2, 0) is 6.42 Å². The topological polar surface area (TPSA) is 37.8 Å². The molecule has 17 heavy (non-hydrogen) atoms. The van der Waals surface area contributed by atoms with Gasteiger partial charge in [0.25, 0.3) is 0 Å². The molecule has 1 rings (SSSR count). The molecule has 1 aromatic heterocycles. The normalized spacial score (nSPS) is 10.9. The Kier molecular flexibility index (Phi) is 5.69. The van der Waals surface area contributed by atoms with E-state index in [2.05, 4.69) is 36.1 Å². The maximum Gasteiger partial charge on any atom is 0.137 e. The highest BCUT2D eigenvalue weighted by atomic mass is 35.5. The number of nitrogens with one attached hydrogen (secondary N) is 1. The smallest absolute Gasteiger partial charge is 0.137 e. The number of nitrogens with zero attached hydrogens (tertiary/aromatic N) is 2. The average molecular weight is 256 g/mol. The maximum atomic E-state index is 6.11. The van der Waals surface area contributed by atoms with Crippen molar-refractivity contribution in [3.05, 3.63) is 16.5 Å². The standard InChI is InChI=1S/C13H22ClN3/c1-5-6-11-16-12(14)10(4)13(17-11)15-8-7-9(2)3/h9H,5-8H2,1-4H3,(H,15,16,17). The van der Waals surface area contributed by atoms with Crippen LogP contribution < -0.4 is 5.32 Å². The molecule has 0 aliphatic rings. The van der Waals surface area contributed by atoms with E-state index >= 15 is 0 Å². The van der Waals surface area contributed by atoms with Crippen LogP contribution in [0.2, 0.25) is 5.15 Å². The summed E-state index contributed by atoms with van der Waals surface area (Å²) in [4.78, 5) is 8.79. The second-order valence-electron chi connectivity index (χ2n) is 4.76. The summed E-state index contributed by atoms with van der Waals surface area (Å²) < 4.78 is 0. The highest BCUT2D eigenvalue weighted by molar-refractivity contribution is 6.30. The lowest BCUT2D eigenvalue weighted by molar-refractivity contribution is 0.606. The summed E-state index contributed by atoms with van der Waals surface area (Å²) in [5.41, 5.74) is 0.940. The molecule has 0 amide bonds. The van der Waals surface area contributed by atoms with Crippen molar-refractivity contribution in [1.29, 1.82) is 0 Å². The third-order valence-electron chi connectivity index (χ3n) is 2.62. The van der Waals surface area contributed by atoms with E-state index in [-0.39, 0.29) is 0 Å². The zero-order chi connectivity index (χ0) is 12.8.